The Morgan fingerprint density at radius 1 is 1.21 bits per heavy atom. The molecule has 1 saturated heterocycles. The number of halogens is 1. The highest BCUT2D eigenvalue weighted by Gasteiger charge is 2.34. The third-order valence-corrected chi connectivity index (χ3v) is 6.42. The maximum Gasteiger partial charge on any atom is 0.216 e. The first-order valence-corrected chi connectivity index (χ1v) is 12.0. The number of hydrogen-bond donors (Lipinski definition) is 3. The van der Waals surface area contributed by atoms with Gasteiger partial charge in [-0.3, -0.25) is 15.0 Å². The first-order chi connectivity index (χ1) is 15.8. The van der Waals surface area contributed by atoms with Crippen LogP contribution in [0.1, 0.15) is 44.9 Å². The van der Waals surface area contributed by atoms with Crippen LogP contribution >= 0.6 is 24.0 Å². The van der Waals surface area contributed by atoms with Gasteiger partial charge in [0, 0.05) is 51.1 Å². The van der Waals surface area contributed by atoms with Crippen molar-refractivity contribution in [3.8, 4) is 11.6 Å². The SMILES string of the molecule is CCNC(=NCC1(CN2CCOCC2)CCCCC1)NCCc1nc(-c2ccco2)n[nH]1.I. The summed E-state index contributed by atoms with van der Waals surface area (Å²) in [6.07, 6.45) is 8.87. The van der Waals surface area contributed by atoms with Crippen LogP contribution in [0.2, 0.25) is 0 Å². The molecule has 1 aliphatic carbocycles. The van der Waals surface area contributed by atoms with Gasteiger partial charge in [-0.2, -0.15) is 5.10 Å². The lowest BCUT2D eigenvalue weighted by Crippen LogP contribution is -2.46. The summed E-state index contributed by atoms with van der Waals surface area (Å²) in [6, 6.07) is 3.70. The number of aromatic amines is 1. The lowest BCUT2D eigenvalue weighted by molar-refractivity contribution is 0.00937. The van der Waals surface area contributed by atoms with Crippen molar-refractivity contribution >= 4 is 29.9 Å². The van der Waals surface area contributed by atoms with Crippen molar-refractivity contribution in [3.63, 3.8) is 0 Å². The maximum atomic E-state index is 5.55. The fraction of sp³-hybridized carbons (Fsp3) is 0.696. The molecule has 0 bridgehead atoms. The number of H-pyrrole nitrogens is 1. The molecule has 2 aromatic rings. The van der Waals surface area contributed by atoms with Crippen LogP contribution in [0, 0.1) is 5.41 Å². The zero-order valence-corrected chi connectivity index (χ0v) is 22.0. The second kappa shape index (κ2) is 13.3. The molecular weight excluding hydrogens is 533 g/mol. The Hall–Kier alpha value is -1.66. The predicted molar refractivity (Wildman–Crippen MR) is 140 cm³/mol. The molecule has 2 fully saturated rings. The lowest BCUT2D eigenvalue weighted by atomic mass is 9.73. The van der Waals surface area contributed by atoms with Gasteiger partial charge < -0.3 is 19.8 Å². The van der Waals surface area contributed by atoms with E-state index < -0.39 is 0 Å². The Morgan fingerprint density at radius 3 is 2.76 bits per heavy atom. The van der Waals surface area contributed by atoms with E-state index in [-0.39, 0.29) is 29.4 Å². The fourth-order valence-corrected chi connectivity index (χ4v) is 4.71. The van der Waals surface area contributed by atoms with E-state index in [0.29, 0.717) is 11.6 Å². The van der Waals surface area contributed by atoms with Gasteiger partial charge in [-0.15, -0.1) is 24.0 Å². The predicted octanol–water partition coefficient (Wildman–Crippen LogP) is 3.06. The van der Waals surface area contributed by atoms with Crippen LogP contribution in [0.15, 0.2) is 27.8 Å². The zero-order chi connectivity index (χ0) is 22.1. The summed E-state index contributed by atoms with van der Waals surface area (Å²) in [5, 5.41) is 14.1. The molecule has 3 heterocycles. The lowest BCUT2D eigenvalue weighted by Gasteiger charge is -2.41. The van der Waals surface area contributed by atoms with Crippen molar-refractivity contribution in [3.05, 3.63) is 24.2 Å². The van der Waals surface area contributed by atoms with Crippen LogP contribution in [-0.4, -0.2) is 78.5 Å². The zero-order valence-electron chi connectivity index (χ0n) is 19.6. The summed E-state index contributed by atoms with van der Waals surface area (Å²) in [5.41, 5.74) is 0.279. The summed E-state index contributed by atoms with van der Waals surface area (Å²) >= 11 is 0. The molecule has 184 valence electrons. The molecule has 0 spiro atoms. The fourth-order valence-electron chi connectivity index (χ4n) is 4.71. The second-order valence-electron chi connectivity index (χ2n) is 8.90. The Kier molecular flexibility index (Phi) is 10.4. The number of nitrogens with zero attached hydrogens (tertiary/aromatic N) is 4. The number of hydrogen-bond acceptors (Lipinski definition) is 6. The number of aliphatic imine (C=N–C) groups is 1. The smallest absolute Gasteiger partial charge is 0.216 e. The van der Waals surface area contributed by atoms with Crippen molar-refractivity contribution in [1.82, 2.24) is 30.7 Å². The van der Waals surface area contributed by atoms with Crippen molar-refractivity contribution in [2.75, 3.05) is 52.5 Å². The van der Waals surface area contributed by atoms with Crippen LogP contribution in [0.25, 0.3) is 11.6 Å². The minimum atomic E-state index is 0. The number of aromatic nitrogens is 3. The second-order valence-corrected chi connectivity index (χ2v) is 8.90. The van der Waals surface area contributed by atoms with Crippen molar-refractivity contribution in [2.45, 2.75) is 45.4 Å². The van der Waals surface area contributed by atoms with E-state index in [1.807, 2.05) is 12.1 Å². The number of nitrogens with one attached hydrogen (secondary N) is 3. The van der Waals surface area contributed by atoms with Crippen LogP contribution in [0.3, 0.4) is 0 Å². The van der Waals surface area contributed by atoms with E-state index >= 15 is 0 Å². The van der Waals surface area contributed by atoms with E-state index in [4.69, 9.17) is 14.1 Å². The average molecular weight is 572 g/mol. The van der Waals surface area contributed by atoms with Crippen molar-refractivity contribution in [1.29, 1.82) is 0 Å². The van der Waals surface area contributed by atoms with Crippen molar-refractivity contribution < 1.29 is 9.15 Å². The molecule has 3 N–H and O–H groups in total. The number of morpholine rings is 1. The first kappa shape index (κ1) is 26.0. The van der Waals surface area contributed by atoms with Crippen LogP contribution in [-0.2, 0) is 11.2 Å². The quantitative estimate of drug-likeness (QED) is 0.242. The molecule has 1 aliphatic heterocycles. The highest BCUT2D eigenvalue weighted by atomic mass is 127. The molecule has 0 amide bonds. The molecular formula is C23H38IN7O2. The Labute approximate surface area is 213 Å². The molecule has 0 atom stereocenters. The third-order valence-electron chi connectivity index (χ3n) is 6.42. The summed E-state index contributed by atoms with van der Waals surface area (Å²) in [7, 11) is 0. The molecule has 2 aromatic heterocycles. The van der Waals surface area contributed by atoms with Gasteiger partial charge in [-0.1, -0.05) is 19.3 Å². The molecule has 0 radical (unpaired) electrons. The summed E-state index contributed by atoms with van der Waals surface area (Å²) in [6.45, 7) is 9.47. The van der Waals surface area contributed by atoms with Gasteiger partial charge in [-0.05, 0) is 31.9 Å². The van der Waals surface area contributed by atoms with Gasteiger partial charge in [0.2, 0.25) is 5.82 Å². The molecule has 2 aliphatic rings. The van der Waals surface area contributed by atoms with Gasteiger partial charge in [0.15, 0.2) is 11.7 Å². The van der Waals surface area contributed by atoms with Gasteiger partial charge in [0.05, 0.1) is 19.5 Å². The molecule has 0 aromatic carbocycles. The highest BCUT2D eigenvalue weighted by Crippen LogP contribution is 2.37. The van der Waals surface area contributed by atoms with Gasteiger partial charge in [-0.25, -0.2) is 4.98 Å². The van der Waals surface area contributed by atoms with Crippen LogP contribution in [0.4, 0.5) is 0 Å². The molecule has 0 unspecified atom stereocenters. The third kappa shape index (κ3) is 7.68. The number of ether oxygens (including phenoxy) is 1. The largest absolute Gasteiger partial charge is 0.461 e. The van der Waals surface area contributed by atoms with E-state index in [1.54, 1.807) is 6.26 Å². The van der Waals surface area contributed by atoms with E-state index in [1.165, 1.54) is 32.1 Å². The summed E-state index contributed by atoms with van der Waals surface area (Å²) in [5.74, 6) is 2.97. The monoisotopic (exact) mass is 571 g/mol. The number of guanidine groups is 1. The topological polar surface area (TPSA) is 104 Å². The highest BCUT2D eigenvalue weighted by molar-refractivity contribution is 14.0. The Bertz CT molecular complexity index is 828. The molecule has 9 nitrogen and oxygen atoms in total. The molecule has 1 saturated carbocycles. The van der Waals surface area contributed by atoms with Gasteiger partial charge >= 0.3 is 0 Å². The number of rotatable bonds is 9. The summed E-state index contributed by atoms with van der Waals surface area (Å²) in [4.78, 5) is 12.1. The molecule has 10 heteroatoms. The van der Waals surface area contributed by atoms with Crippen molar-refractivity contribution in [2.24, 2.45) is 10.4 Å². The standard InChI is InChI=1S/C23H37N7O2.HI/c1-2-24-22(25-11-8-20-27-21(29-28-20)19-7-6-14-32-19)26-17-23(9-4-3-5-10-23)18-30-12-15-31-16-13-30;/h6-7,14H,2-5,8-13,15-18H2,1H3,(H2,24,25,26)(H,27,28,29);1H. The Morgan fingerprint density at radius 2 is 2.03 bits per heavy atom. The van der Waals surface area contributed by atoms with Gasteiger partial charge in [0.1, 0.15) is 5.82 Å². The normalized spacial score (nSPS) is 19.1. The van der Waals surface area contributed by atoms with Gasteiger partial charge in [0.25, 0.3) is 0 Å². The molecule has 4 rings (SSSR count). The maximum absolute atomic E-state index is 5.55. The first-order valence-electron chi connectivity index (χ1n) is 12.0. The average Bonchev–Trinajstić information content (AvgIpc) is 3.51. The minimum Gasteiger partial charge on any atom is -0.461 e. The van der Waals surface area contributed by atoms with E-state index in [2.05, 4.69) is 37.6 Å². The summed E-state index contributed by atoms with van der Waals surface area (Å²) < 4.78 is 10.9. The van der Waals surface area contributed by atoms with E-state index in [0.717, 1.165) is 70.7 Å². The Balaban J connectivity index is 0.00000306. The van der Waals surface area contributed by atoms with Crippen LogP contribution in [0.5, 0.6) is 0 Å². The van der Waals surface area contributed by atoms with E-state index in [9.17, 15) is 0 Å². The van der Waals surface area contributed by atoms with Crippen LogP contribution < -0.4 is 10.6 Å². The molecule has 33 heavy (non-hydrogen) atoms. The number of furan rings is 1. The minimum absolute atomic E-state index is 0.